The van der Waals surface area contributed by atoms with Crippen LogP contribution >= 0.6 is 0 Å². The van der Waals surface area contributed by atoms with Crippen molar-refractivity contribution in [1.29, 1.82) is 10.7 Å². The van der Waals surface area contributed by atoms with Crippen molar-refractivity contribution in [2.75, 3.05) is 18.0 Å². The number of aromatic carboxylic acids is 2. The molecule has 0 amide bonds. The van der Waals surface area contributed by atoms with Crippen LogP contribution in [-0.4, -0.2) is 79.3 Å². The number of benzene rings is 2. The molecule has 0 unspecified atom stereocenters. The first-order valence-electron chi connectivity index (χ1n) is 15.5. The van der Waals surface area contributed by atoms with E-state index < -0.39 is 40.5 Å². The highest BCUT2D eigenvalue weighted by Gasteiger charge is 2.48. The third-order valence-corrected chi connectivity index (χ3v) is 9.45. The Morgan fingerprint density at radius 3 is 2.04 bits per heavy atom. The van der Waals surface area contributed by atoms with Gasteiger partial charge in [0.25, 0.3) is 0 Å². The topological polar surface area (TPSA) is 220 Å². The van der Waals surface area contributed by atoms with Gasteiger partial charge in [0.1, 0.15) is 18.1 Å². The van der Waals surface area contributed by atoms with Gasteiger partial charge in [0, 0.05) is 57.8 Å². The van der Waals surface area contributed by atoms with Gasteiger partial charge in [0.15, 0.2) is 18.0 Å². The minimum absolute atomic E-state index is 0.00370. The molecule has 254 valence electrons. The monoisotopic (exact) mass is 677 g/mol. The van der Waals surface area contributed by atoms with Gasteiger partial charge in [-0.25, -0.2) is 9.59 Å². The molecule has 0 radical (unpaired) electrons. The summed E-state index contributed by atoms with van der Waals surface area (Å²) < 4.78 is 1.70. The lowest BCUT2D eigenvalue weighted by Crippen LogP contribution is -2.33. The number of hydrogen-bond acceptors (Lipinski definition) is 8. The largest absolute Gasteiger partial charge is 0.481 e. The summed E-state index contributed by atoms with van der Waals surface area (Å²) in [5.41, 5.74) is 1.47. The van der Waals surface area contributed by atoms with Crippen LogP contribution in [-0.2, 0) is 25.2 Å². The van der Waals surface area contributed by atoms with E-state index in [4.69, 9.17) is 5.41 Å². The molecule has 2 heterocycles. The molecule has 0 fully saturated rings. The maximum atomic E-state index is 14.1. The molecule has 0 bridgehead atoms. The Morgan fingerprint density at radius 2 is 1.48 bits per heavy atom. The lowest BCUT2D eigenvalue weighted by molar-refractivity contribution is -0.436. The number of anilines is 1. The summed E-state index contributed by atoms with van der Waals surface area (Å²) in [4.78, 5) is 62.7. The molecule has 2 aromatic rings. The highest BCUT2D eigenvalue weighted by molar-refractivity contribution is 6.27. The van der Waals surface area contributed by atoms with Crippen molar-refractivity contribution in [3.05, 3.63) is 98.8 Å². The predicted octanol–water partition coefficient (Wildman–Crippen LogP) is 4.59. The standard InChI is InChI=1S/C37H32N4O9/c1-36(2)24-13-19(34(47)48)5-7-26(24)40(11-9-30(42)43)28(36)15-22-32(21(17-38)18-39)23(33(22)46)16-29-37(3,4)25-14-20(35(49)50)6-8-27(25)41(29)12-10-31(44)45/h5-8,13-16,38H,9-12H2,1-4H3,(H3-,42,43,44,45,47,48,49,50)/p+1. The van der Waals surface area contributed by atoms with Crippen LogP contribution in [0.5, 0.6) is 0 Å². The molecule has 1 aliphatic carbocycles. The molecule has 2 aromatic carbocycles. The summed E-state index contributed by atoms with van der Waals surface area (Å²) in [7, 11) is 0. The van der Waals surface area contributed by atoms with Crippen LogP contribution < -0.4 is 4.90 Å². The van der Waals surface area contributed by atoms with Gasteiger partial charge in [-0.2, -0.15) is 9.84 Å². The number of ketones is 1. The minimum Gasteiger partial charge on any atom is -0.481 e. The van der Waals surface area contributed by atoms with Gasteiger partial charge in [-0.05, 0) is 61.7 Å². The molecular weight excluding hydrogens is 644 g/mol. The summed E-state index contributed by atoms with van der Waals surface area (Å²) in [5.74, 6) is -2.83. The number of fused-ring (bicyclic) bond motifs is 2. The van der Waals surface area contributed by atoms with E-state index in [0.717, 1.165) is 0 Å². The molecule has 5 rings (SSSR count). The number of nitrogens with zero attached hydrogens (tertiary/aromatic N) is 3. The van der Waals surface area contributed by atoms with Crippen molar-refractivity contribution in [1.82, 2.24) is 0 Å². The molecule has 5 N–H and O–H groups in total. The molecule has 13 nitrogen and oxygen atoms in total. The van der Waals surface area contributed by atoms with Gasteiger partial charge in [-0.3, -0.25) is 19.8 Å². The minimum atomic E-state index is -1.15. The number of carboxylic acid groups (broad SMARTS) is 4. The molecule has 0 saturated carbocycles. The van der Waals surface area contributed by atoms with Gasteiger partial charge < -0.3 is 25.3 Å². The van der Waals surface area contributed by atoms with Gasteiger partial charge >= 0.3 is 23.9 Å². The van der Waals surface area contributed by atoms with Crippen LogP contribution in [0.15, 0.2) is 76.5 Å². The van der Waals surface area contributed by atoms with E-state index in [-0.39, 0.29) is 59.4 Å². The van der Waals surface area contributed by atoms with Crippen molar-refractivity contribution < 1.29 is 49.0 Å². The van der Waals surface area contributed by atoms with Crippen LogP contribution in [0.3, 0.4) is 0 Å². The quantitative estimate of drug-likeness (QED) is 0.0958. The first kappa shape index (κ1) is 34.9. The third-order valence-electron chi connectivity index (χ3n) is 9.45. The number of carbonyl (C=O) groups excluding carboxylic acids is 1. The fourth-order valence-electron chi connectivity index (χ4n) is 6.85. The maximum Gasteiger partial charge on any atom is 0.335 e. The Kier molecular flexibility index (Phi) is 8.79. The number of Topliss-reactive ketones (excluding diaryl/α,β-unsaturated/α-hetero) is 1. The summed E-state index contributed by atoms with van der Waals surface area (Å²) in [6, 6.07) is 10.9. The van der Waals surface area contributed by atoms with E-state index in [1.54, 1.807) is 21.6 Å². The van der Waals surface area contributed by atoms with Crippen LogP contribution in [0.25, 0.3) is 0 Å². The summed E-state index contributed by atoms with van der Waals surface area (Å²) in [6.45, 7) is 7.22. The van der Waals surface area contributed by atoms with E-state index in [0.29, 0.717) is 33.9 Å². The summed E-state index contributed by atoms with van der Waals surface area (Å²) in [6.07, 6.45) is 2.53. The smallest absolute Gasteiger partial charge is 0.335 e. The second kappa shape index (κ2) is 12.6. The number of carbonyl (C=O) groups is 5. The first-order valence-corrected chi connectivity index (χ1v) is 15.5. The summed E-state index contributed by atoms with van der Waals surface area (Å²) in [5, 5.41) is 56.2. The highest BCUT2D eigenvalue weighted by atomic mass is 16.4. The Balaban J connectivity index is 1.73. The molecule has 0 atom stereocenters. The zero-order valence-corrected chi connectivity index (χ0v) is 27.6. The fourth-order valence-corrected chi connectivity index (χ4v) is 6.85. The first-order chi connectivity index (χ1) is 23.4. The number of rotatable bonds is 11. The number of carboxylic acids is 4. The predicted molar refractivity (Wildman–Crippen MR) is 180 cm³/mol. The van der Waals surface area contributed by atoms with Gasteiger partial charge in [-0.15, -0.1) is 0 Å². The van der Waals surface area contributed by atoms with Crippen molar-refractivity contribution >= 4 is 52.6 Å². The highest BCUT2D eigenvalue weighted by Crippen LogP contribution is 2.50. The van der Waals surface area contributed by atoms with Crippen molar-refractivity contribution in [2.24, 2.45) is 0 Å². The Hall–Kier alpha value is -6.38. The zero-order chi connectivity index (χ0) is 36.9. The third kappa shape index (κ3) is 5.71. The summed E-state index contributed by atoms with van der Waals surface area (Å²) >= 11 is 0. The lowest BCUT2D eigenvalue weighted by Gasteiger charge is -2.30. The number of allylic oxidation sites excluding steroid dienone is 7. The fraction of sp³-hybridized carbons (Fsp3) is 0.270. The van der Waals surface area contributed by atoms with E-state index >= 15 is 0 Å². The number of aliphatic carboxylic acids is 2. The molecule has 13 heteroatoms. The maximum absolute atomic E-state index is 14.1. The van der Waals surface area contributed by atoms with E-state index in [9.17, 15) is 49.7 Å². The normalized spacial score (nSPS) is 18.4. The number of hydrogen-bond donors (Lipinski definition) is 5. The lowest BCUT2D eigenvalue weighted by atomic mass is 9.73. The van der Waals surface area contributed by atoms with Crippen molar-refractivity contribution in [2.45, 2.75) is 51.4 Å². The second-order valence-corrected chi connectivity index (χ2v) is 13.1. The van der Waals surface area contributed by atoms with Crippen LogP contribution in [0.4, 0.5) is 11.4 Å². The SMILES string of the molecule is CC1(C)C(/C=C2/C(=O)C(/C=C3\N(CCC(=O)O)c4ccc(C(=O)O)cc4C3(C)C)=C2C(=C=N)C#N)=[N+](CCC(=O)O)c2ccc(C(=O)O)cc21. The Labute approximate surface area is 286 Å². The van der Waals surface area contributed by atoms with Gasteiger partial charge in [0.05, 0.1) is 23.0 Å². The van der Waals surface area contributed by atoms with E-state index in [2.05, 4.69) is 5.87 Å². The molecular formula is C37H33N4O9+. The average Bonchev–Trinajstić information content (AvgIpc) is 3.40. The van der Waals surface area contributed by atoms with Gasteiger partial charge in [0.2, 0.25) is 5.69 Å². The Bertz CT molecular complexity index is 2170. The molecule has 0 saturated heterocycles. The average molecular weight is 678 g/mol. The number of nitrogens with one attached hydrogen (secondary N) is 1. The molecule has 2 aliphatic heterocycles. The second-order valence-electron chi connectivity index (χ2n) is 13.1. The zero-order valence-electron chi connectivity index (χ0n) is 27.6. The van der Waals surface area contributed by atoms with Crippen LogP contribution in [0, 0.1) is 16.7 Å². The molecule has 50 heavy (non-hydrogen) atoms. The van der Waals surface area contributed by atoms with E-state index in [1.165, 1.54) is 36.4 Å². The van der Waals surface area contributed by atoms with Crippen LogP contribution in [0.1, 0.15) is 72.4 Å². The molecule has 0 spiro atoms. The molecule has 3 aliphatic rings. The van der Waals surface area contributed by atoms with Gasteiger partial charge in [-0.1, -0.05) is 13.8 Å². The molecule has 0 aromatic heterocycles. The Morgan fingerprint density at radius 1 is 0.880 bits per heavy atom. The van der Waals surface area contributed by atoms with E-state index in [1.807, 2.05) is 33.8 Å². The number of nitriles is 1. The van der Waals surface area contributed by atoms with Crippen molar-refractivity contribution in [3.63, 3.8) is 0 Å². The van der Waals surface area contributed by atoms with Crippen molar-refractivity contribution in [3.8, 4) is 6.07 Å². The van der Waals surface area contributed by atoms with Crippen LogP contribution in [0.2, 0.25) is 0 Å².